The highest BCUT2D eigenvalue weighted by Crippen LogP contribution is 2.26. The van der Waals surface area contributed by atoms with Crippen LogP contribution in [-0.2, 0) is 9.59 Å². The molecule has 1 aliphatic heterocycles. The Labute approximate surface area is 162 Å². The van der Waals surface area contributed by atoms with Crippen molar-refractivity contribution in [3.8, 4) is 11.5 Å². The number of nitrogens with zero attached hydrogens (tertiary/aromatic N) is 1. The van der Waals surface area contributed by atoms with Crippen LogP contribution in [0.5, 0.6) is 11.5 Å². The Kier molecular flexibility index (Phi) is 5.78. The van der Waals surface area contributed by atoms with E-state index in [4.69, 9.17) is 9.47 Å². The van der Waals surface area contributed by atoms with Crippen molar-refractivity contribution < 1.29 is 23.9 Å². The number of benzene rings is 2. The molecule has 0 aromatic heterocycles. The van der Waals surface area contributed by atoms with Crippen LogP contribution in [0.25, 0.3) is 0 Å². The summed E-state index contributed by atoms with van der Waals surface area (Å²) in [6, 6.07) is 13.7. The number of hydrogen-bond acceptors (Lipinski definition) is 5. The fourth-order valence-electron chi connectivity index (χ4n) is 3.01. The monoisotopic (exact) mass is 383 g/mol. The minimum Gasteiger partial charge on any atom is -0.497 e. The van der Waals surface area contributed by atoms with Crippen LogP contribution in [0.3, 0.4) is 0 Å². The van der Waals surface area contributed by atoms with E-state index in [2.05, 4.69) is 10.9 Å². The van der Waals surface area contributed by atoms with E-state index in [0.29, 0.717) is 22.7 Å². The molecule has 3 rings (SSSR count). The lowest BCUT2D eigenvalue weighted by molar-refractivity contribution is -0.126. The Bertz CT molecular complexity index is 882. The van der Waals surface area contributed by atoms with Gasteiger partial charge in [0.2, 0.25) is 11.8 Å². The Balaban J connectivity index is 1.59. The lowest BCUT2D eigenvalue weighted by Gasteiger charge is -2.17. The van der Waals surface area contributed by atoms with Gasteiger partial charge in [0.25, 0.3) is 5.91 Å². The number of rotatable bonds is 5. The van der Waals surface area contributed by atoms with E-state index in [-0.39, 0.29) is 18.9 Å². The van der Waals surface area contributed by atoms with Crippen LogP contribution in [0, 0.1) is 5.92 Å². The standard InChI is InChI=1S/C20H21N3O5/c1-27-15-9-7-14(8-10-15)23-12-13(11-18(23)24)19(25)21-22-20(26)16-5-3-4-6-17(16)28-2/h3-10,13H,11-12H2,1-2H3,(H,21,25)(H,22,26)/t13-/m0/s1. The number of hydrazine groups is 1. The number of amides is 3. The van der Waals surface area contributed by atoms with Gasteiger partial charge in [0.1, 0.15) is 11.5 Å². The van der Waals surface area contributed by atoms with Gasteiger partial charge >= 0.3 is 0 Å². The third-order valence-corrected chi connectivity index (χ3v) is 4.53. The number of carbonyl (C=O) groups excluding carboxylic acids is 3. The molecular formula is C20H21N3O5. The van der Waals surface area contributed by atoms with Gasteiger partial charge < -0.3 is 14.4 Å². The van der Waals surface area contributed by atoms with Crippen molar-refractivity contribution in [3.63, 3.8) is 0 Å². The number of hydrogen-bond donors (Lipinski definition) is 2. The first-order chi connectivity index (χ1) is 13.5. The lowest BCUT2D eigenvalue weighted by atomic mass is 10.1. The quantitative estimate of drug-likeness (QED) is 0.763. The molecule has 3 amide bonds. The van der Waals surface area contributed by atoms with Gasteiger partial charge in [-0.2, -0.15) is 0 Å². The zero-order valence-corrected chi connectivity index (χ0v) is 15.6. The van der Waals surface area contributed by atoms with Crippen molar-refractivity contribution in [3.05, 3.63) is 54.1 Å². The molecule has 0 spiro atoms. The van der Waals surface area contributed by atoms with Crippen molar-refractivity contribution >= 4 is 23.4 Å². The molecule has 0 aliphatic carbocycles. The predicted molar refractivity (Wildman–Crippen MR) is 102 cm³/mol. The number of anilines is 1. The topological polar surface area (TPSA) is 97.0 Å². The normalized spacial score (nSPS) is 15.9. The number of para-hydroxylation sites is 1. The molecule has 0 radical (unpaired) electrons. The van der Waals surface area contributed by atoms with E-state index in [0.717, 1.165) is 0 Å². The minimum atomic E-state index is -0.562. The number of ether oxygens (including phenoxy) is 2. The Morgan fingerprint density at radius 2 is 1.71 bits per heavy atom. The summed E-state index contributed by atoms with van der Waals surface area (Å²) in [7, 11) is 3.03. The van der Waals surface area contributed by atoms with Gasteiger partial charge in [0, 0.05) is 18.7 Å². The molecule has 1 fully saturated rings. The van der Waals surface area contributed by atoms with Crippen LogP contribution < -0.4 is 25.2 Å². The van der Waals surface area contributed by atoms with Gasteiger partial charge in [-0.05, 0) is 36.4 Å². The van der Waals surface area contributed by atoms with E-state index >= 15 is 0 Å². The molecule has 0 saturated carbocycles. The summed E-state index contributed by atoms with van der Waals surface area (Å²) < 4.78 is 10.2. The molecule has 2 aromatic carbocycles. The number of carbonyl (C=O) groups is 3. The average molecular weight is 383 g/mol. The second-order valence-electron chi connectivity index (χ2n) is 6.25. The van der Waals surface area contributed by atoms with Crippen LogP contribution in [0.1, 0.15) is 16.8 Å². The third-order valence-electron chi connectivity index (χ3n) is 4.53. The van der Waals surface area contributed by atoms with Crippen LogP contribution >= 0.6 is 0 Å². The summed E-state index contributed by atoms with van der Waals surface area (Å²) >= 11 is 0. The van der Waals surface area contributed by atoms with E-state index in [1.54, 1.807) is 60.5 Å². The largest absolute Gasteiger partial charge is 0.497 e. The SMILES string of the molecule is COc1ccc(N2C[C@@H](C(=O)NNC(=O)c3ccccc3OC)CC2=O)cc1. The molecular weight excluding hydrogens is 362 g/mol. The maximum atomic E-state index is 12.4. The van der Waals surface area contributed by atoms with Crippen LogP contribution in [-0.4, -0.2) is 38.5 Å². The van der Waals surface area contributed by atoms with Crippen molar-refractivity contribution in [1.82, 2.24) is 10.9 Å². The van der Waals surface area contributed by atoms with Crippen molar-refractivity contribution in [1.29, 1.82) is 0 Å². The van der Waals surface area contributed by atoms with Crippen molar-refractivity contribution in [2.45, 2.75) is 6.42 Å². The van der Waals surface area contributed by atoms with Gasteiger partial charge in [-0.15, -0.1) is 0 Å². The molecule has 1 atom stereocenters. The Hall–Kier alpha value is -3.55. The lowest BCUT2D eigenvalue weighted by Crippen LogP contribution is -2.45. The number of methoxy groups -OCH3 is 2. The van der Waals surface area contributed by atoms with Crippen molar-refractivity contribution in [2.75, 3.05) is 25.7 Å². The minimum absolute atomic E-state index is 0.0718. The van der Waals surface area contributed by atoms with Crippen LogP contribution in [0.2, 0.25) is 0 Å². The molecule has 0 unspecified atom stereocenters. The molecule has 1 aliphatic rings. The zero-order chi connectivity index (χ0) is 20.1. The smallest absolute Gasteiger partial charge is 0.273 e. The molecule has 8 heteroatoms. The van der Waals surface area contributed by atoms with E-state index in [1.165, 1.54) is 7.11 Å². The average Bonchev–Trinajstić information content (AvgIpc) is 3.13. The first-order valence-electron chi connectivity index (χ1n) is 8.71. The second kappa shape index (κ2) is 8.43. The third kappa shape index (κ3) is 4.06. The molecule has 1 saturated heterocycles. The maximum Gasteiger partial charge on any atom is 0.273 e. The molecule has 2 N–H and O–H groups in total. The molecule has 146 valence electrons. The molecule has 1 heterocycles. The summed E-state index contributed by atoms with van der Waals surface area (Å²) in [5.41, 5.74) is 5.75. The maximum absolute atomic E-state index is 12.4. The predicted octanol–water partition coefficient (Wildman–Crippen LogP) is 1.52. The first kappa shape index (κ1) is 19.2. The van der Waals surface area contributed by atoms with Crippen LogP contribution in [0.15, 0.2) is 48.5 Å². The summed E-state index contributed by atoms with van der Waals surface area (Å²) in [4.78, 5) is 38.5. The summed E-state index contributed by atoms with van der Waals surface area (Å²) in [6.07, 6.45) is 0.0718. The zero-order valence-electron chi connectivity index (χ0n) is 15.6. The fraction of sp³-hybridized carbons (Fsp3) is 0.250. The van der Waals surface area contributed by atoms with Crippen molar-refractivity contribution in [2.24, 2.45) is 5.92 Å². The number of nitrogens with one attached hydrogen (secondary N) is 2. The highest BCUT2D eigenvalue weighted by atomic mass is 16.5. The summed E-state index contributed by atoms with van der Waals surface area (Å²) in [6.45, 7) is 0.238. The molecule has 0 bridgehead atoms. The fourth-order valence-corrected chi connectivity index (χ4v) is 3.01. The molecule has 28 heavy (non-hydrogen) atoms. The Morgan fingerprint density at radius 3 is 2.39 bits per heavy atom. The molecule has 8 nitrogen and oxygen atoms in total. The Morgan fingerprint density at radius 1 is 1.00 bits per heavy atom. The van der Waals surface area contributed by atoms with Gasteiger partial charge in [0.05, 0.1) is 25.7 Å². The first-order valence-corrected chi connectivity index (χ1v) is 8.71. The van der Waals surface area contributed by atoms with E-state index in [1.807, 2.05) is 0 Å². The summed E-state index contributed by atoms with van der Waals surface area (Å²) in [5, 5.41) is 0. The van der Waals surface area contributed by atoms with E-state index in [9.17, 15) is 14.4 Å². The highest BCUT2D eigenvalue weighted by molar-refractivity contribution is 6.01. The summed E-state index contributed by atoms with van der Waals surface area (Å²) in [5.74, 6) is -0.552. The van der Waals surface area contributed by atoms with Gasteiger partial charge in [-0.1, -0.05) is 12.1 Å². The highest BCUT2D eigenvalue weighted by Gasteiger charge is 2.35. The van der Waals surface area contributed by atoms with Gasteiger partial charge in [-0.25, -0.2) is 0 Å². The second-order valence-corrected chi connectivity index (χ2v) is 6.25. The van der Waals surface area contributed by atoms with Gasteiger partial charge in [0.15, 0.2) is 0 Å². The van der Waals surface area contributed by atoms with Crippen LogP contribution in [0.4, 0.5) is 5.69 Å². The van der Waals surface area contributed by atoms with Gasteiger partial charge in [-0.3, -0.25) is 25.2 Å². The van der Waals surface area contributed by atoms with E-state index < -0.39 is 17.7 Å². The molecule has 2 aromatic rings.